The van der Waals surface area contributed by atoms with Gasteiger partial charge in [0.25, 0.3) is 0 Å². The number of anilines is 1. The van der Waals surface area contributed by atoms with Gasteiger partial charge < -0.3 is 10.4 Å². The largest absolute Gasteiger partial charge is 0.396 e. The molecule has 1 heterocycles. The number of nitrogens with zero attached hydrogens (tertiary/aromatic N) is 3. The summed E-state index contributed by atoms with van der Waals surface area (Å²) in [4.78, 5) is 10.9. The highest BCUT2D eigenvalue weighted by molar-refractivity contribution is 5.61. The third kappa shape index (κ3) is 3.47. The zero-order valence-electron chi connectivity index (χ0n) is 12.8. The van der Waals surface area contributed by atoms with E-state index < -0.39 is 0 Å². The molecule has 2 N–H and O–H groups in total. The molecule has 1 aromatic rings. The van der Waals surface area contributed by atoms with Crippen LogP contribution < -0.4 is 5.32 Å². The summed E-state index contributed by atoms with van der Waals surface area (Å²) in [6, 6.07) is -0.0332. The van der Waals surface area contributed by atoms with E-state index in [1.165, 1.54) is 4.68 Å². The lowest BCUT2D eigenvalue weighted by Crippen LogP contribution is -2.28. The van der Waals surface area contributed by atoms with Crippen molar-refractivity contribution in [1.82, 2.24) is 9.78 Å². The number of hydrogen-bond donors (Lipinski definition) is 2. The SMILES string of the molecule is CC(C)c1nn(C)c(NC(CCO)C(C)C)c1[N+](=O)[O-]. The van der Waals surface area contributed by atoms with Gasteiger partial charge in [-0.1, -0.05) is 27.7 Å². The minimum absolute atomic E-state index is 0.0208. The maximum atomic E-state index is 11.3. The zero-order valence-corrected chi connectivity index (χ0v) is 12.8. The highest BCUT2D eigenvalue weighted by Gasteiger charge is 2.30. The molecule has 0 aliphatic rings. The van der Waals surface area contributed by atoms with E-state index in [1.54, 1.807) is 7.05 Å². The van der Waals surface area contributed by atoms with Crippen LogP contribution in [0.5, 0.6) is 0 Å². The first-order valence-electron chi connectivity index (χ1n) is 6.88. The minimum atomic E-state index is -0.388. The quantitative estimate of drug-likeness (QED) is 0.592. The van der Waals surface area contributed by atoms with Gasteiger partial charge in [-0.2, -0.15) is 5.10 Å². The van der Waals surface area contributed by atoms with Crippen LogP contribution in [0.4, 0.5) is 11.5 Å². The van der Waals surface area contributed by atoms with Gasteiger partial charge in [0.05, 0.1) is 4.92 Å². The Morgan fingerprint density at radius 2 is 2.00 bits per heavy atom. The van der Waals surface area contributed by atoms with Crippen molar-refractivity contribution in [2.24, 2.45) is 13.0 Å². The molecule has 0 aromatic carbocycles. The number of aliphatic hydroxyl groups is 1. The summed E-state index contributed by atoms with van der Waals surface area (Å²) in [6.45, 7) is 7.83. The molecule has 0 bridgehead atoms. The third-order valence-corrected chi connectivity index (χ3v) is 3.34. The van der Waals surface area contributed by atoms with Gasteiger partial charge in [-0.3, -0.25) is 10.1 Å². The van der Waals surface area contributed by atoms with Crippen LogP contribution in [0.25, 0.3) is 0 Å². The van der Waals surface area contributed by atoms with E-state index in [-0.39, 0.29) is 35.1 Å². The van der Waals surface area contributed by atoms with E-state index in [0.29, 0.717) is 17.9 Å². The van der Waals surface area contributed by atoms with E-state index in [0.717, 1.165) is 0 Å². The Morgan fingerprint density at radius 1 is 1.40 bits per heavy atom. The Bertz CT molecular complexity index is 468. The molecule has 0 aliphatic carbocycles. The molecule has 1 rings (SSSR count). The van der Waals surface area contributed by atoms with Gasteiger partial charge in [-0.05, 0) is 12.3 Å². The second kappa shape index (κ2) is 6.69. The number of aromatic nitrogens is 2. The molecule has 0 radical (unpaired) electrons. The van der Waals surface area contributed by atoms with Crippen molar-refractivity contribution in [3.05, 3.63) is 15.8 Å². The van der Waals surface area contributed by atoms with E-state index >= 15 is 0 Å². The Labute approximate surface area is 119 Å². The lowest BCUT2D eigenvalue weighted by atomic mass is 10.0. The Hall–Kier alpha value is -1.63. The van der Waals surface area contributed by atoms with Crippen molar-refractivity contribution in [2.45, 2.75) is 46.1 Å². The van der Waals surface area contributed by atoms with Crippen molar-refractivity contribution in [2.75, 3.05) is 11.9 Å². The summed E-state index contributed by atoms with van der Waals surface area (Å²) in [5.41, 5.74) is 0.512. The van der Waals surface area contributed by atoms with Crippen LogP contribution in [0.3, 0.4) is 0 Å². The molecule has 7 nitrogen and oxygen atoms in total. The molecule has 0 aliphatic heterocycles. The topological polar surface area (TPSA) is 93.2 Å². The average Bonchev–Trinajstić information content (AvgIpc) is 2.66. The summed E-state index contributed by atoms with van der Waals surface area (Å²) < 4.78 is 1.51. The molecule has 114 valence electrons. The fourth-order valence-electron chi connectivity index (χ4n) is 2.15. The number of rotatable bonds is 7. The van der Waals surface area contributed by atoms with Crippen molar-refractivity contribution < 1.29 is 10.0 Å². The van der Waals surface area contributed by atoms with E-state index in [1.807, 2.05) is 27.7 Å². The molecule has 20 heavy (non-hydrogen) atoms. The van der Waals surface area contributed by atoms with Crippen molar-refractivity contribution in [1.29, 1.82) is 0 Å². The van der Waals surface area contributed by atoms with Gasteiger partial charge in [0.15, 0.2) is 0 Å². The van der Waals surface area contributed by atoms with E-state index in [2.05, 4.69) is 10.4 Å². The molecule has 1 aromatic heterocycles. The number of nitro groups is 1. The molecule has 1 atom stereocenters. The summed E-state index contributed by atoms with van der Waals surface area (Å²) in [6.07, 6.45) is 0.539. The molecule has 1 unspecified atom stereocenters. The maximum absolute atomic E-state index is 11.3. The number of aryl methyl sites for hydroxylation is 1. The van der Waals surface area contributed by atoms with Gasteiger partial charge in [0.1, 0.15) is 5.69 Å². The highest BCUT2D eigenvalue weighted by atomic mass is 16.6. The smallest absolute Gasteiger partial charge is 0.334 e. The van der Waals surface area contributed by atoms with Crippen LogP contribution in [0.2, 0.25) is 0 Å². The van der Waals surface area contributed by atoms with E-state index in [9.17, 15) is 10.1 Å². The van der Waals surface area contributed by atoms with Crippen LogP contribution in [-0.4, -0.2) is 32.5 Å². The molecule has 0 fully saturated rings. The summed E-state index contributed by atoms with van der Waals surface area (Å²) in [5.74, 6) is 0.637. The van der Waals surface area contributed by atoms with Crippen LogP contribution in [0, 0.1) is 16.0 Å². The summed E-state index contributed by atoms with van der Waals surface area (Å²) >= 11 is 0. The van der Waals surface area contributed by atoms with Crippen molar-refractivity contribution in [3.63, 3.8) is 0 Å². The van der Waals surface area contributed by atoms with E-state index in [4.69, 9.17) is 5.11 Å². The molecule has 0 amide bonds. The first-order chi connectivity index (χ1) is 9.29. The van der Waals surface area contributed by atoms with Gasteiger partial charge in [0, 0.05) is 25.6 Å². The first kappa shape index (κ1) is 16.4. The van der Waals surface area contributed by atoms with Crippen molar-refractivity contribution in [3.8, 4) is 0 Å². The summed E-state index contributed by atoms with van der Waals surface area (Å²) in [7, 11) is 1.69. The van der Waals surface area contributed by atoms with Crippen LogP contribution in [0.15, 0.2) is 0 Å². The van der Waals surface area contributed by atoms with Crippen LogP contribution in [0.1, 0.15) is 45.7 Å². The van der Waals surface area contributed by atoms with Gasteiger partial charge in [-0.25, -0.2) is 4.68 Å². The van der Waals surface area contributed by atoms with Gasteiger partial charge in [-0.15, -0.1) is 0 Å². The normalized spacial score (nSPS) is 13.0. The molecular weight excluding hydrogens is 260 g/mol. The maximum Gasteiger partial charge on any atom is 0.334 e. The zero-order chi connectivity index (χ0) is 15.4. The highest BCUT2D eigenvalue weighted by Crippen LogP contribution is 2.33. The monoisotopic (exact) mass is 284 g/mol. The number of nitrogens with one attached hydrogen (secondary N) is 1. The average molecular weight is 284 g/mol. The Morgan fingerprint density at radius 3 is 2.40 bits per heavy atom. The standard InChI is InChI=1S/C13H24N4O3/c1-8(2)10(6-7-18)14-13-12(17(19)20)11(9(3)4)15-16(13)5/h8-10,14,18H,6-7H2,1-5H3. The fraction of sp³-hybridized carbons (Fsp3) is 0.769. The number of hydrogen-bond acceptors (Lipinski definition) is 5. The second-order valence-electron chi connectivity index (χ2n) is 5.63. The lowest BCUT2D eigenvalue weighted by molar-refractivity contribution is -0.384. The molecule has 0 saturated carbocycles. The predicted molar refractivity (Wildman–Crippen MR) is 77.9 cm³/mol. The van der Waals surface area contributed by atoms with Gasteiger partial charge in [0.2, 0.25) is 5.82 Å². The van der Waals surface area contributed by atoms with Gasteiger partial charge >= 0.3 is 5.69 Å². The lowest BCUT2D eigenvalue weighted by Gasteiger charge is -2.22. The third-order valence-electron chi connectivity index (χ3n) is 3.34. The van der Waals surface area contributed by atoms with Crippen molar-refractivity contribution >= 4 is 11.5 Å². The molecular formula is C13H24N4O3. The minimum Gasteiger partial charge on any atom is -0.396 e. The fourth-order valence-corrected chi connectivity index (χ4v) is 2.15. The summed E-state index contributed by atoms with van der Waals surface area (Å²) in [5, 5.41) is 27.9. The Kier molecular flexibility index (Phi) is 5.50. The van der Waals surface area contributed by atoms with Crippen LogP contribution in [-0.2, 0) is 7.05 Å². The molecule has 0 spiro atoms. The molecule has 7 heteroatoms. The predicted octanol–water partition coefficient (Wildman–Crippen LogP) is 2.27. The first-order valence-corrected chi connectivity index (χ1v) is 6.88. The number of aliphatic hydroxyl groups excluding tert-OH is 1. The Balaban J connectivity index is 3.19. The second-order valence-corrected chi connectivity index (χ2v) is 5.63. The molecule has 0 saturated heterocycles. The van der Waals surface area contributed by atoms with Crippen LogP contribution >= 0.6 is 0 Å².